The smallest absolute Gasteiger partial charge is 0.255 e. The van der Waals surface area contributed by atoms with Gasteiger partial charge in [-0.25, -0.2) is 0 Å². The molecule has 0 spiro atoms. The molecule has 7 nitrogen and oxygen atoms in total. The van der Waals surface area contributed by atoms with Crippen LogP contribution in [0.1, 0.15) is 20.7 Å². The van der Waals surface area contributed by atoms with E-state index in [0.29, 0.717) is 28.0 Å². The molecular formula is C30H24N4O3. The Morgan fingerprint density at radius 1 is 0.676 bits per heavy atom. The van der Waals surface area contributed by atoms with Gasteiger partial charge in [-0.15, -0.1) is 0 Å². The summed E-state index contributed by atoms with van der Waals surface area (Å²) in [6, 6.07) is 31.4. The van der Waals surface area contributed by atoms with E-state index in [1.807, 2.05) is 60.7 Å². The molecule has 1 amide bonds. The van der Waals surface area contributed by atoms with Crippen molar-refractivity contribution in [3.05, 3.63) is 120 Å². The quantitative estimate of drug-likeness (QED) is 0.195. The number of anilines is 5. The molecule has 4 aromatic carbocycles. The molecule has 0 radical (unpaired) electrons. The summed E-state index contributed by atoms with van der Waals surface area (Å²) in [4.78, 5) is 29.3. The molecule has 0 atom stereocenters. The minimum Gasteiger partial charge on any atom is -0.388 e. The van der Waals surface area contributed by atoms with Crippen molar-refractivity contribution in [2.75, 3.05) is 22.6 Å². The van der Waals surface area contributed by atoms with Crippen molar-refractivity contribution in [2.45, 2.75) is 0 Å². The third-order valence-electron chi connectivity index (χ3n) is 5.79. The number of nitrogens with zero attached hydrogens (tertiary/aromatic N) is 1. The zero-order valence-corrected chi connectivity index (χ0v) is 19.8. The molecule has 37 heavy (non-hydrogen) atoms. The van der Waals surface area contributed by atoms with Crippen LogP contribution in [-0.4, -0.2) is 28.4 Å². The number of amides is 1. The number of rotatable bonds is 8. The molecular weight excluding hydrogens is 464 g/mol. The van der Waals surface area contributed by atoms with Gasteiger partial charge in [-0.2, -0.15) is 0 Å². The predicted octanol–water partition coefficient (Wildman–Crippen LogP) is 6.15. The van der Waals surface area contributed by atoms with Gasteiger partial charge in [-0.05, 0) is 72.8 Å². The van der Waals surface area contributed by atoms with Crippen molar-refractivity contribution < 1.29 is 14.7 Å². The summed E-state index contributed by atoms with van der Waals surface area (Å²) in [7, 11) is 0. The Morgan fingerprint density at radius 3 is 2.22 bits per heavy atom. The van der Waals surface area contributed by atoms with Crippen LogP contribution in [0.25, 0.3) is 10.9 Å². The van der Waals surface area contributed by atoms with Gasteiger partial charge >= 0.3 is 0 Å². The fourth-order valence-corrected chi connectivity index (χ4v) is 3.98. The first-order valence-electron chi connectivity index (χ1n) is 11.7. The minimum absolute atomic E-state index is 0.240. The van der Waals surface area contributed by atoms with Gasteiger partial charge < -0.3 is 21.1 Å². The van der Waals surface area contributed by atoms with Crippen LogP contribution in [0.15, 0.2) is 109 Å². The maximum Gasteiger partial charge on any atom is 0.255 e. The van der Waals surface area contributed by atoms with Crippen LogP contribution in [-0.2, 0) is 0 Å². The van der Waals surface area contributed by atoms with E-state index in [9.17, 15) is 14.7 Å². The maximum atomic E-state index is 13.0. The normalized spacial score (nSPS) is 10.6. The number of aliphatic hydroxyl groups excluding tert-OH is 1. The van der Waals surface area contributed by atoms with E-state index >= 15 is 0 Å². The lowest BCUT2D eigenvalue weighted by molar-refractivity contribution is 0.0903. The van der Waals surface area contributed by atoms with Crippen molar-refractivity contribution in [1.29, 1.82) is 0 Å². The molecule has 182 valence electrons. The van der Waals surface area contributed by atoms with Crippen LogP contribution in [0.3, 0.4) is 0 Å². The number of aromatic nitrogens is 1. The van der Waals surface area contributed by atoms with Crippen LogP contribution in [0.4, 0.5) is 28.4 Å². The number of para-hydroxylation sites is 1. The first-order valence-corrected chi connectivity index (χ1v) is 11.7. The summed E-state index contributed by atoms with van der Waals surface area (Å²) >= 11 is 0. The molecule has 0 aliphatic rings. The molecule has 0 aliphatic carbocycles. The number of ketones is 1. The Morgan fingerprint density at radius 2 is 1.41 bits per heavy atom. The summed E-state index contributed by atoms with van der Waals surface area (Å²) < 4.78 is 0. The molecule has 0 saturated heterocycles. The lowest BCUT2D eigenvalue weighted by Gasteiger charge is -2.12. The third-order valence-corrected chi connectivity index (χ3v) is 5.79. The second-order valence-corrected chi connectivity index (χ2v) is 8.40. The van der Waals surface area contributed by atoms with Crippen LogP contribution < -0.4 is 16.0 Å². The minimum atomic E-state index is -0.559. The van der Waals surface area contributed by atoms with Crippen LogP contribution in [0, 0.1) is 0 Å². The van der Waals surface area contributed by atoms with Gasteiger partial charge in [-0.3, -0.25) is 14.6 Å². The molecule has 0 aliphatic heterocycles. The molecule has 4 N–H and O–H groups in total. The van der Waals surface area contributed by atoms with Gasteiger partial charge in [-0.1, -0.05) is 30.3 Å². The highest BCUT2D eigenvalue weighted by atomic mass is 16.3. The van der Waals surface area contributed by atoms with Crippen molar-refractivity contribution in [3.8, 4) is 0 Å². The van der Waals surface area contributed by atoms with E-state index in [2.05, 4.69) is 20.9 Å². The van der Waals surface area contributed by atoms with Crippen molar-refractivity contribution in [2.24, 2.45) is 0 Å². The zero-order valence-electron chi connectivity index (χ0n) is 19.8. The fourth-order valence-electron chi connectivity index (χ4n) is 3.98. The Balaban J connectivity index is 1.34. The number of carbonyl (C=O) groups excluding carboxylic acids is 2. The summed E-state index contributed by atoms with van der Waals surface area (Å²) in [5, 5.41) is 19.5. The Hall–Kier alpha value is -5.01. The summed E-state index contributed by atoms with van der Waals surface area (Å²) in [6.07, 6.45) is 1.67. The predicted molar refractivity (Wildman–Crippen MR) is 147 cm³/mol. The summed E-state index contributed by atoms with van der Waals surface area (Å²) in [5.41, 5.74) is 5.53. The SMILES string of the molecule is O=C(CO)c1ccc2nccc(Nc3cccc(C(=O)Nc4cccc(Nc5ccccc5)c4)c3)c2c1. The van der Waals surface area contributed by atoms with E-state index in [1.165, 1.54) is 0 Å². The van der Waals surface area contributed by atoms with Gasteiger partial charge in [0, 0.05) is 51.1 Å². The van der Waals surface area contributed by atoms with E-state index in [0.717, 1.165) is 22.4 Å². The maximum absolute atomic E-state index is 13.0. The van der Waals surface area contributed by atoms with Gasteiger partial charge in [0.05, 0.1) is 5.52 Å². The number of hydrogen-bond donors (Lipinski definition) is 4. The monoisotopic (exact) mass is 488 g/mol. The van der Waals surface area contributed by atoms with Crippen LogP contribution in [0.5, 0.6) is 0 Å². The zero-order chi connectivity index (χ0) is 25.6. The highest BCUT2D eigenvalue weighted by Crippen LogP contribution is 2.27. The molecule has 0 fully saturated rings. The van der Waals surface area contributed by atoms with E-state index in [1.54, 1.807) is 48.7 Å². The van der Waals surface area contributed by atoms with E-state index < -0.39 is 6.61 Å². The van der Waals surface area contributed by atoms with Gasteiger partial charge in [0.25, 0.3) is 5.91 Å². The summed E-state index contributed by atoms with van der Waals surface area (Å²) in [5.74, 6) is -0.602. The van der Waals surface area contributed by atoms with Crippen molar-refractivity contribution in [3.63, 3.8) is 0 Å². The topological polar surface area (TPSA) is 103 Å². The number of Topliss-reactive ketones (excluding diaryl/α,β-unsaturated/α-hetero) is 1. The number of fused-ring (bicyclic) bond motifs is 1. The molecule has 5 aromatic rings. The molecule has 0 unspecified atom stereocenters. The van der Waals surface area contributed by atoms with Crippen molar-refractivity contribution >= 4 is 51.0 Å². The van der Waals surface area contributed by atoms with Gasteiger partial charge in [0.15, 0.2) is 5.78 Å². The number of hydrogen-bond acceptors (Lipinski definition) is 6. The lowest BCUT2D eigenvalue weighted by atomic mass is 10.1. The Bertz CT molecular complexity index is 1580. The standard InChI is InChI=1S/C30H24N4O3/c35-19-29(36)20-12-13-27-26(17-20)28(14-15-31-27)33-23-9-4-6-21(16-23)30(37)34-25-11-5-10-24(18-25)32-22-7-2-1-3-8-22/h1-18,32,35H,19H2,(H,31,33)(H,34,37). The number of carbonyl (C=O) groups is 2. The number of benzene rings is 4. The van der Waals surface area contributed by atoms with Gasteiger partial charge in [0.2, 0.25) is 0 Å². The highest BCUT2D eigenvalue weighted by molar-refractivity contribution is 6.06. The van der Waals surface area contributed by atoms with Crippen molar-refractivity contribution in [1.82, 2.24) is 4.98 Å². The van der Waals surface area contributed by atoms with Crippen LogP contribution in [0.2, 0.25) is 0 Å². The first-order chi connectivity index (χ1) is 18.1. The average molecular weight is 489 g/mol. The lowest BCUT2D eigenvalue weighted by Crippen LogP contribution is -2.12. The molecule has 0 saturated carbocycles. The number of nitrogens with one attached hydrogen (secondary N) is 3. The fraction of sp³-hybridized carbons (Fsp3) is 0.0333. The third kappa shape index (κ3) is 5.63. The summed E-state index contributed by atoms with van der Waals surface area (Å²) in [6.45, 7) is -0.559. The molecule has 1 aromatic heterocycles. The molecule has 1 heterocycles. The van der Waals surface area contributed by atoms with E-state index in [-0.39, 0.29) is 11.7 Å². The average Bonchev–Trinajstić information content (AvgIpc) is 2.93. The molecule has 5 rings (SSSR count). The molecule has 7 heteroatoms. The highest BCUT2D eigenvalue weighted by Gasteiger charge is 2.11. The van der Waals surface area contributed by atoms with E-state index in [4.69, 9.17) is 0 Å². The number of pyridine rings is 1. The van der Waals surface area contributed by atoms with Crippen LogP contribution >= 0.6 is 0 Å². The first kappa shape index (κ1) is 23.7. The second-order valence-electron chi connectivity index (χ2n) is 8.40. The Kier molecular flexibility index (Phi) is 6.87. The second kappa shape index (κ2) is 10.7. The van der Waals surface area contributed by atoms with Gasteiger partial charge in [0.1, 0.15) is 6.61 Å². The largest absolute Gasteiger partial charge is 0.388 e. The molecule has 0 bridgehead atoms. The number of aliphatic hydroxyl groups is 1. The Labute approximate surface area is 213 Å².